The third-order valence-electron chi connectivity index (χ3n) is 4.67. The molecule has 0 radical (unpaired) electrons. The second-order valence-corrected chi connectivity index (χ2v) is 7.14. The Labute approximate surface area is 159 Å². The van der Waals surface area contributed by atoms with E-state index in [-0.39, 0.29) is 0 Å². The van der Waals surface area contributed by atoms with Gasteiger partial charge in [-0.05, 0) is 30.7 Å². The first-order valence-corrected chi connectivity index (χ1v) is 9.36. The Morgan fingerprint density at radius 2 is 1.08 bits per heavy atom. The second-order valence-electron chi connectivity index (χ2n) is 6.15. The van der Waals surface area contributed by atoms with Crippen molar-refractivity contribution in [1.29, 1.82) is 0 Å². The highest BCUT2D eigenvalue weighted by Gasteiger charge is 2.39. The first kappa shape index (κ1) is 20.4. The Balaban J connectivity index is 2.85. The van der Waals surface area contributed by atoms with E-state index in [9.17, 15) is 0 Å². The van der Waals surface area contributed by atoms with Crippen molar-refractivity contribution in [2.75, 3.05) is 28.4 Å². The average molecular weight is 376 g/mol. The molecule has 0 heterocycles. The van der Waals surface area contributed by atoms with Crippen LogP contribution < -0.4 is 18.9 Å². The van der Waals surface area contributed by atoms with Crippen molar-refractivity contribution >= 4 is 9.24 Å². The second kappa shape index (κ2) is 9.14. The van der Waals surface area contributed by atoms with Crippen LogP contribution in [0.25, 0.3) is 0 Å². The molecule has 26 heavy (non-hydrogen) atoms. The normalized spacial score (nSPS) is 11.2. The van der Waals surface area contributed by atoms with E-state index < -0.39 is 5.16 Å². The van der Waals surface area contributed by atoms with Crippen molar-refractivity contribution in [1.82, 2.24) is 0 Å². The molecule has 1 unspecified atom stereocenters. The van der Waals surface area contributed by atoms with Crippen LogP contribution in [0.4, 0.5) is 0 Å². The number of rotatable bonds is 9. The van der Waals surface area contributed by atoms with Gasteiger partial charge in [0.25, 0.3) is 0 Å². The van der Waals surface area contributed by atoms with E-state index in [4.69, 9.17) is 18.9 Å². The van der Waals surface area contributed by atoms with Gasteiger partial charge in [-0.3, -0.25) is 0 Å². The van der Waals surface area contributed by atoms with E-state index >= 15 is 0 Å². The molecule has 142 valence electrons. The molecule has 0 aromatic heterocycles. The molecule has 0 aliphatic heterocycles. The van der Waals surface area contributed by atoms with E-state index in [0.717, 1.165) is 53.4 Å². The summed E-state index contributed by atoms with van der Waals surface area (Å²) in [5.74, 6) is 3.12. The molecule has 0 N–H and O–H groups in total. The summed E-state index contributed by atoms with van der Waals surface area (Å²) in [7, 11) is 9.76. The van der Waals surface area contributed by atoms with Crippen molar-refractivity contribution in [3.63, 3.8) is 0 Å². The number of hydrogen-bond acceptors (Lipinski definition) is 4. The minimum absolute atomic E-state index is 0.480. The largest absolute Gasteiger partial charge is 0.496 e. The number of hydrogen-bond donors (Lipinski definition) is 0. The summed E-state index contributed by atoms with van der Waals surface area (Å²) in [6.45, 7) is 2.18. The Morgan fingerprint density at radius 1 is 0.731 bits per heavy atom. The Hall–Kier alpha value is -1.93. The predicted octanol–water partition coefficient (Wildman–Crippen LogP) is 5.03. The van der Waals surface area contributed by atoms with E-state index in [1.54, 1.807) is 28.4 Å². The fraction of sp³-hybridized carbons (Fsp3) is 0.429. The van der Waals surface area contributed by atoms with Gasteiger partial charge in [-0.15, -0.1) is 9.24 Å². The minimum atomic E-state index is -0.480. The topological polar surface area (TPSA) is 36.9 Å². The van der Waals surface area contributed by atoms with Gasteiger partial charge >= 0.3 is 0 Å². The van der Waals surface area contributed by atoms with Crippen molar-refractivity contribution in [3.05, 3.63) is 47.5 Å². The highest BCUT2D eigenvalue weighted by Crippen LogP contribution is 2.55. The zero-order chi connectivity index (χ0) is 19.2. The fourth-order valence-electron chi connectivity index (χ4n) is 3.41. The smallest absolute Gasteiger partial charge is 0.127 e. The molecule has 5 heteroatoms. The molecule has 2 aromatic carbocycles. The molecular formula is C21H29O4P. The molecule has 0 saturated carbocycles. The monoisotopic (exact) mass is 376 g/mol. The van der Waals surface area contributed by atoms with Gasteiger partial charge in [0, 0.05) is 5.16 Å². The van der Waals surface area contributed by atoms with E-state index in [2.05, 4.69) is 16.2 Å². The lowest BCUT2D eigenvalue weighted by Crippen LogP contribution is -2.23. The zero-order valence-electron chi connectivity index (χ0n) is 16.3. The number of methoxy groups -OCH3 is 4. The van der Waals surface area contributed by atoms with Crippen LogP contribution in [0.2, 0.25) is 0 Å². The minimum Gasteiger partial charge on any atom is -0.496 e. The SMILES string of the molecule is CCCCC(P)(c1c(OC)cccc1OC)c1c(OC)cccc1OC. The molecule has 2 rings (SSSR count). The number of benzene rings is 2. The van der Waals surface area contributed by atoms with Crippen LogP contribution in [0.5, 0.6) is 23.0 Å². The summed E-state index contributed by atoms with van der Waals surface area (Å²) in [5, 5.41) is -0.480. The highest BCUT2D eigenvalue weighted by atomic mass is 31.0. The molecule has 2 aromatic rings. The Morgan fingerprint density at radius 3 is 1.35 bits per heavy atom. The third-order valence-corrected chi connectivity index (χ3v) is 5.54. The van der Waals surface area contributed by atoms with Gasteiger partial charge in [0.1, 0.15) is 23.0 Å². The lowest BCUT2D eigenvalue weighted by molar-refractivity contribution is 0.359. The number of unbranched alkanes of at least 4 members (excludes halogenated alkanes) is 1. The molecule has 0 amide bonds. The molecule has 0 fully saturated rings. The Kier molecular flexibility index (Phi) is 7.16. The van der Waals surface area contributed by atoms with Crippen LogP contribution in [0.15, 0.2) is 36.4 Å². The molecular weight excluding hydrogens is 347 g/mol. The van der Waals surface area contributed by atoms with Gasteiger partial charge in [0.15, 0.2) is 0 Å². The molecule has 0 spiro atoms. The van der Waals surface area contributed by atoms with Crippen LogP contribution in [-0.4, -0.2) is 28.4 Å². The van der Waals surface area contributed by atoms with Gasteiger partial charge in [-0.2, -0.15) is 0 Å². The molecule has 0 bridgehead atoms. The van der Waals surface area contributed by atoms with Gasteiger partial charge in [-0.1, -0.05) is 31.9 Å². The fourth-order valence-corrected chi connectivity index (χ4v) is 4.19. The van der Waals surface area contributed by atoms with Crippen LogP contribution in [-0.2, 0) is 5.16 Å². The molecule has 0 aliphatic carbocycles. The summed E-state index contributed by atoms with van der Waals surface area (Å²) in [6, 6.07) is 11.7. The summed E-state index contributed by atoms with van der Waals surface area (Å²) in [4.78, 5) is 0. The van der Waals surface area contributed by atoms with Crippen LogP contribution in [0.3, 0.4) is 0 Å². The maximum absolute atomic E-state index is 5.71. The van der Waals surface area contributed by atoms with Gasteiger partial charge < -0.3 is 18.9 Å². The molecule has 1 atom stereocenters. The van der Waals surface area contributed by atoms with Crippen LogP contribution in [0, 0.1) is 0 Å². The number of ether oxygens (including phenoxy) is 4. The highest BCUT2D eigenvalue weighted by molar-refractivity contribution is 7.19. The summed E-state index contributed by atoms with van der Waals surface area (Å²) < 4.78 is 22.8. The predicted molar refractivity (Wildman–Crippen MR) is 109 cm³/mol. The lowest BCUT2D eigenvalue weighted by Gasteiger charge is -2.35. The molecule has 0 aliphatic rings. The van der Waals surface area contributed by atoms with Gasteiger partial charge in [0.2, 0.25) is 0 Å². The van der Waals surface area contributed by atoms with Crippen molar-refractivity contribution in [2.45, 2.75) is 31.3 Å². The third kappa shape index (κ3) is 3.76. The quantitative estimate of drug-likeness (QED) is 0.575. The van der Waals surface area contributed by atoms with Crippen molar-refractivity contribution in [2.24, 2.45) is 0 Å². The van der Waals surface area contributed by atoms with E-state index in [1.165, 1.54) is 0 Å². The molecule has 4 nitrogen and oxygen atoms in total. The summed E-state index contributed by atoms with van der Waals surface area (Å²) in [5.41, 5.74) is 1.96. The lowest BCUT2D eigenvalue weighted by atomic mass is 9.83. The van der Waals surface area contributed by atoms with Crippen LogP contribution in [0.1, 0.15) is 37.3 Å². The molecule has 0 saturated heterocycles. The van der Waals surface area contributed by atoms with Gasteiger partial charge in [-0.25, -0.2) is 0 Å². The first-order chi connectivity index (χ1) is 12.6. The summed E-state index contributed by atoms with van der Waals surface area (Å²) >= 11 is 0. The maximum atomic E-state index is 5.71. The van der Waals surface area contributed by atoms with E-state index in [1.807, 2.05) is 36.4 Å². The summed E-state index contributed by atoms with van der Waals surface area (Å²) in [6.07, 6.45) is 2.98. The van der Waals surface area contributed by atoms with Gasteiger partial charge in [0.05, 0.1) is 39.6 Å². The zero-order valence-corrected chi connectivity index (χ0v) is 17.5. The Bertz CT molecular complexity index is 630. The van der Waals surface area contributed by atoms with Crippen molar-refractivity contribution < 1.29 is 18.9 Å². The van der Waals surface area contributed by atoms with E-state index in [0.29, 0.717) is 0 Å². The van der Waals surface area contributed by atoms with Crippen molar-refractivity contribution in [3.8, 4) is 23.0 Å². The standard InChI is InChI=1S/C21H29O4P/c1-6-7-14-21(26,19-15(22-2)10-8-11-16(19)23-3)20-17(24-4)12-9-13-18(20)25-5/h8-13H,6-7,14,26H2,1-5H3. The average Bonchev–Trinajstić information content (AvgIpc) is 2.70. The first-order valence-electron chi connectivity index (χ1n) is 8.79. The van der Waals surface area contributed by atoms with Crippen LogP contribution >= 0.6 is 9.24 Å². The maximum Gasteiger partial charge on any atom is 0.127 e.